The number of aromatic nitrogens is 4. The van der Waals surface area contributed by atoms with Crippen molar-refractivity contribution in [3.8, 4) is 22.6 Å². The molecule has 0 aliphatic rings. The minimum absolute atomic E-state index is 0.715. The van der Waals surface area contributed by atoms with Gasteiger partial charge in [-0.25, -0.2) is 9.97 Å². The van der Waals surface area contributed by atoms with Crippen molar-refractivity contribution < 1.29 is 0 Å². The van der Waals surface area contributed by atoms with E-state index in [2.05, 4.69) is 43.1 Å². The summed E-state index contributed by atoms with van der Waals surface area (Å²) in [5.41, 5.74) is 3.16. The lowest BCUT2D eigenvalue weighted by Crippen LogP contribution is -1.94. The summed E-state index contributed by atoms with van der Waals surface area (Å²) in [6.45, 7) is 0. The molecule has 0 N–H and O–H groups in total. The Morgan fingerprint density at radius 1 is 1.05 bits per heavy atom. The van der Waals surface area contributed by atoms with Crippen LogP contribution in [0.4, 0.5) is 0 Å². The van der Waals surface area contributed by atoms with Gasteiger partial charge in [0.05, 0.1) is 10.2 Å². The molecule has 0 unspecified atom stereocenters. The Balaban J connectivity index is 2.05. The second kappa shape index (κ2) is 4.93. The summed E-state index contributed by atoms with van der Waals surface area (Å²) in [6.07, 6.45) is 5.29. The molecule has 3 aromatic rings. The first-order valence-corrected chi connectivity index (χ1v) is 6.60. The molecule has 0 fully saturated rings. The SMILES string of the molecule is Cn1nccc1-c1cccc(-c2ncc(Br)cn2)c1. The number of benzene rings is 1. The molecule has 2 heterocycles. The van der Waals surface area contributed by atoms with E-state index in [0.29, 0.717) is 5.82 Å². The molecular formula is C14H11BrN4. The van der Waals surface area contributed by atoms with E-state index >= 15 is 0 Å². The Morgan fingerprint density at radius 3 is 2.47 bits per heavy atom. The molecule has 94 valence electrons. The largest absolute Gasteiger partial charge is 0.268 e. The lowest BCUT2D eigenvalue weighted by molar-refractivity contribution is 0.776. The second-order valence-electron chi connectivity index (χ2n) is 4.15. The zero-order chi connectivity index (χ0) is 13.2. The molecule has 5 heteroatoms. The van der Waals surface area contributed by atoms with E-state index in [1.807, 2.05) is 29.9 Å². The summed E-state index contributed by atoms with van der Waals surface area (Å²) in [4.78, 5) is 8.63. The first-order chi connectivity index (χ1) is 9.24. The molecular weight excluding hydrogens is 304 g/mol. The molecule has 2 aromatic heterocycles. The highest BCUT2D eigenvalue weighted by Gasteiger charge is 2.06. The summed E-state index contributed by atoms with van der Waals surface area (Å²) in [5, 5.41) is 4.19. The molecule has 0 aliphatic carbocycles. The van der Waals surface area contributed by atoms with Crippen LogP contribution in [-0.2, 0) is 7.05 Å². The van der Waals surface area contributed by atoms with Gasteiger partial charge in [0.2, 0.25) is 0 Å². The lowest BCUT2D eigenvalue weighted by atomic mass is 10.1. The number of aryl methyl sites for hydroxylation is 1. The van der Waals surface area contributed by atoms with E-state index in [-0.39, 0.29) is 0 Å². The first-order valence-electron chi connectivity index (χ1n) is 5.80. The highest BCUT2D eigenvalue weighted by atomic mass is 79.9. The third-order valence-electron chi connectivity index (χ3n) is 2.86. The molecule has 0 amide bonds. The van der Waals surface area contributed by atoms with Gasteiger partial charge in [0, 0.05) is 36.8 Å². The fraction of sp³-hybridized carbons (Fsp3) is 0.0714. The number of halogens is 1. The Kier molecular flexibility index (Phi) is 3.13. The standard InChI is InChI=1S/C14H11BrN4/c1-19-13(5-6-18-19)10-3-2-4-11(7-10)14-16-8-12(15)9-17-14/h2-9H,1H3. The van der Waals surface area contributed by atoms with Crippen molar-refractivity contribution in [1.82, 2.24) is 19.7 Å². The van der Waals surface area contributed by atoms with Crippen LogP contribution in [0.2, 0.25) is 0 Å². The summed E-state index contributed by atoms with van der Waals surface area (Å²) >= 11 is 3.34. The van der Waals surface area contributed by atoms with E-state index in [1.54, 1.807) is 18.6 Å². The van der Waals surface area contributed by atoms with E-state index < -0.39 is 0 Å². The zero-order valence-corrected chi connectivity index (χ0v) is 11.9. The van der Waals surface area contributed by atoms with Crippen molar-refractivity contribution in [1.29, 1.82) is 0 Å². The van der Waals surface area contributed by atoms with Gasteiger partial charge in [-0.1, -0.05) is 18.2 Å². The maximum Gasteiger partial charge on any atom is 0.159 e. The molecule has 0 radical (unpaired) electrons. The van der Waals surface area contributed by atoms with Crippen LogP contribution in [0.5, 0.6) is 0 Å². The zero-order valence-electron chi connectivity index (χ0n) is 10.3. The van der Waals surface area contributed by atoms with Crippen molar-refractivity contribution in [2.24, 2.45) is 7.05 Å². The van der Waals surface area contributed by atoms with Crippen LogP contribution in [-0.4, -0.2) is 19.7 Å². The van der Waals surface area contributed by atoms with E-state index in [9.17, 15) is 0 Å². The third-order valence-corrected chi connectivity index (χ3v) is 3.27. The van der Waals surface area contributed by atoms with Gasteiger partial charge in [-0.3, -0.25) is 4.68 Å². The van der Waals surface area contributed by atoms with Crippen LogP contribution in [0.1, 0.15) is 0 Å². The molecule has 0 saturated heterocycles. The minimum atomic E-state index is 0.715. The molecule has 4 nitrogen and oxygen atoms in total. The Morgan fingerprint density at radius 2 is 1.79 bits per heavy atom. The average Bonchev–Trinajstić information content (AvgIpc) is 2.86. The van der Waals surface area contributed by atoms with Gasteiger partial charge in [0.25, 0.3) is 0 Å². The second-order valence-corrected chi connectivity index (χ2v) is 5.06. The molecule has 0 atom stereocenters. The van der Waals surface area contributed by atoms with Crippen molar-refractivity contribution in [2.45, 2.75) is 0 Å². The summed E-state index contributed by atoms with van der Waals surface area (Å²) in [7, 11) is 1.93. The van der Waals surface area contributed by atoms with Crippen LogP contribution >= 0.6 is 15.9 Å². The quantitative estimate of drug-likeness (QED) is 0.729. The fourth-order valence-electron chi connectivity index (χ4n) is 1.94. The summed E-state index contributed by atoms with van der Waals surface area (Å²) in [6, 6.07) is 10.1. The predicted molar refractivity (Wildman–Crippen MR) is 77.4 cm³/mol. The highest BCUT2D eigenvalue weighted by molar-refractivity contribution is 9.10. The average molecular weight is 315 g/mol. The van der Waals surface area contributed by atoms with Gasteiger partial charge in [-0.2, -0.15) is 5.10 Å². The van der Waals surface area contributed by atoms with Gasteiger partial charge < -0.3 is 0 Å². The maximum absolute atomic E-state index is 4.31. The number of nitrogens with zero attached hydrogens (tertiary/aromatic N) is 4. The van der Waals surface area contributed by atoms with Crippen LogP contribution in [0.25, 0.3) is 22.6 Å². The van der Waals surface area contributed by atoms with E-state index in [1.165, 1.54) is 0 Å². The molecule has 0 spiro atoms. The maximum atomic E-state index is 4.31. The van der Waals surface area contributed by atoms with Gasteiger partial charge in [0.1, 0.15) is 0 Å². The predicted octanol–water partition coefficient (Wildman–Crippen LogP) is 3.31. The number of hydrogen-bond acceptors (Lipinski definition) is 3. The molecule has 3 rings (SSSR count). The van der Waals surface area contributed by atoms with E-state index in [0.717, 1.165) is 21.3 Å². The first kappa shape index (κ1) is 12.0. The number of hydrogen-bond donors (Lipinski definition) is 0. The van der Waals surface area contributed by atoms with Crippen molar-refractivity contribution in [2.75, 3.05) is 0 Å². The van der Waals surface area contributed by atoms with E-state index in [4.69, 9.17) is 0 Å². The molecule has 0 aliphatic heterocycles. The molecule has 1 aromatic carbocycles. The minimum Gasteiger partial charge on any atom is -0.268 e. The Hall–Kier alpha value is -2.01. The van der Waals surface area contributed by atoms with Crippen LogP contribution in [0.15, 0.2) is 53.4 Å². The fourth-order valence-corrected chi connectivity index (χ4v) is 2.14. The van der Waals surface area contributed by atoms with Crippen molar-refractivity contribution >= 4 is 15.9 Å². The molecule has 19 heavy (non-hydrogen) atoms. The third kappa shape index (κ3) is 2.42. The molecule has 0 saturated carbocycles. The highest BCUT2D eigenvalue weighted by Crippen LogP contribution is 2.24. The summed E-state index contributed by atoms with van der Waals surface area (Å²) in [5.74, 6) is 0.715. The Labute approximate surface area is 119 Å². The van der Waals surface area contributed by atoms with Crippen LogP contribution < -0.4 is 0 Å². The molecule has 0 bridgehead atoms. The van der Waals surface area contributed by atoms with Gasteiger partial charge >= 0.3 is 0 Å². The van der Waals surface area contributed by atoms with Gasteiger partial charge in [-0.15, -0.1) is 0 Å². The van der Waals surface area contributed by atoms with Gasteiger partial charge in [-0.05, 0) is 28.1 Å². The topological polar surface area (TPSA) is 43.6 Å². The smallest absolute Gasteiger partial charge is 0.159 e. The number of rotatable bonds is 2. The summed E-state index contributed by atoms with van der Waals surface area (Å²) < 4.78 is 2.72. The van der Waals surface area contributed by atoms with Crippen molar-refractivity contribution in [3.63, 3.8) is 0 Å². The van der Waals surface area contributed by atoms with Crippen LogP contribution in [0, 0.1) is 0 Å². The normalized spacial score (nSPS) is 10.6. The van der Waals surface area contributed by atoms with Gasteiger partial charge in [0.15, 0.2) is 5.82 Å². The van der Waals surface area contributed by atoms with Crippen molar-refractivity contribution in [3.05, 3.63) is 53.4 Å². The van der Waals surface area contributed by atoms with Crippen LogP contribution in [0.3, 0.4) is 0 Å². The monoisotopic (exact) mass is 314 g/mol. The Bertz CT molecular complexity index is 703. The lowest BCUT2D eigenvalue weighted by Gasteiger charge is -2.05.